The lowest BCUT2D eigenvalue weighted by molar-refractivity contribution is 0.345. The summed E-state index contributed by atoms with van der Waals surface area (Å²) >= 11 is 1.78. The van der Waals surface area contributed by atoms with Gasteiger partial charge in [0.05, 0.1) is 10.7 Å². The number of hydrogen-bond donors (Lipinski definition) is 1. The maximum atomic E-state index is 5.77. The standard InChI is InChI=1S/C11H18N2S/c1-11(2,3)10-13-9(6-14-10)7-4-8(12)5-7/h6-8H,4-5,12H2,1-3H3. The van der Waals surface area contributed by atoms with Crippen molar-refractivity contribution in [2.45, 2.75) is 51.0 Å². The van der Waals surface area contributed by atoms with Gasteiger partial charge in [-0.15, -0.1) is 11.3 Å². The fraction of sp³-hybridized carbons (Fsp3) is 0.727. The second kappa shape index (κ2) is 3.31. The number of nitrogens with two attached hydrogens (primary N) is 1. The first-order valence-corrected chi connectivity index (χ1v) is 6.06. The van der Waals surface area contributed by atoms with Crippen LogP contribution in [0.25, 0.3) is 0 Å². The molecule has 0 spiro atoms. The van der Waals surface area contributed by atoms with Crippen LogP contribution >= 0.6 is 11.3 Å². The van der Waals surface area contributed by atoms with Crippen molar-refractivity contribution in [3.05, 3.63) is 16.1 Å². The van der Waals surface area contributed by atoms with Crippen LogP contribution in [0, 0.1) is 0 Å². The Morgan fingerprint density at radius 3 is 2.50 bits per heavy atom. The summed E-state index contributed by atoms with van der Waals surface area (Å²) in [5.74, 6) is 0.636. The predicted molar refractivity (Wildman–Crippen MR) is 60.8 cm³/mol. The van der Waals surface area contributed by atoms with Crippen LogP contribution < -0.4 is 5.73 Å². The van der Waals surface area contributed by atoms with Crippen LogP contribution in [-0.4, -0.2) is 11.0 Å². The van der Waals surface area contributed by atoms with Gasteiger partial charge in [-0.1, -0.05) is 20.8 Å². The highest BCUT2D eigenvalue weighted by molar-refractivity contribution is 7.09. The van der Waals surface area contributed by atoms with Gasteiger partial charge in [-0.05, 0) is 12.8 Å². The van der Waals surface area contributed by atoms with Gasteiger partial charge in [0.15, 0.2) is 0 Å². The Balaban J connectivity index is 2.11. The van der Waals surface area contributed by atoms with Crippen LogP contribution in [0.15, 0.2) is 5.38 Å². The minimum Gasteiger partial charge on any atom is -0.328 e. The fourth-order valence-corrected chi connectivity index (χ4v) is 2.71. The maximum Gasteiger partial charge on any atom is 0.0981 e. The molecule has 1 fully saturated rings. The van der Waals surface area contributed by atoms with E-state index in [1.54, 1.807) is 11.3 Å². The molecule has 2 N–H and O–H groups in total. The first-order chi connectivity index (χ1) is 6.47. The molecule has 0 amide bonds. The number of rotatable bonds is 1. The van der Waals surface area contributed by atoms with E-state index in [4.69, 9.17) is 10.7 Å². The zero-order valence-electron chi connectivity index (χ0n) is 9.08. The molecular weight excluding hydrogens is 192 g/mol. The predicted octanol–water partition coefficient (Wildman–Crippen LogP) is 2.65. The van der Waals surface area contributed by atoms with Crippen molar-refractivity contribution < 1.29 is 0 Å². The smallest absolute Gasteiger partial charge is 0.0981 e. The molecule has 3 heteroatoms. The number of nitrogens with zero attached hydrogens (tertiary/aromatic N) is 1. The molecule has 1 heterocycles. The molecule has 0 aromatic carbocycles. The second-order valence-electron chi connectivity index (χ2n) is 5.26. The Kier molecular flexibility index (Phi) is 2.40. The highest BCUT2D eigenvalue weighted by atomic mass is 32.1. The molecule has 0 saturated heterocycles. The highest BCUT2D eigenvalue weighted by Gasteiger charge is 2.30. The van der Waals surface area contributed by atoms with Crippen LogP contribution in [0.1, 0.15) is 50.2 Å². The Morgan fingerprint density at radius 1 is 1.43 bits per heavy atom. The van der Waals surface area contributed by atoms with Crippen molar-refractivity contribution in [1.82, 2.24) is 4.98 Å². The van der Waals surface area contributed by atoms with Crippen LogP contribution in [-0.2, 0) is 5.41 Å². The molecule has 2 rings (SSSR count). The van der Waals surface area contributed by atoms with E-state index >= 15 is 0 Å². The number of thiazole rings is 1. The molecule has 2 nitrogen and oxygen atoms in total. The Hall–Kier alpha value is -0.410. The summed E-state index contributed by atoms with van der Waals surface area (Å²) in [6.45, 7) is 6.63. The van der Waals surface area contributed by atoms with Gasteiger partial charge in [-0.3, -0.25) is 0 Å². The van der Waals surface area contributed by atoms with E-state index in [9.17, 15) is 0 Å². The van der Waals surface area contributed by atoms with Crippen molar-refractivity contribution in [1.29, 1.82) is 0 Å². The van der Waals surface area contributed by atoms with E-state index < -0.39 is 0 Å². The van der Waals surface area contributed by atoms with Gasteiger partial charge in [0, 0.05) is 22.8 Å². The van der Waals surface area contributed by atoms with E-state index in [-0.39, 0.29) is 5.41 Å². The van der Waals surface area contributed by atoms with E-state index in [1.165, 1.54) is 10.7 Å². The van der Waals surface area contributed by atoms with Gasteiger partial charge >= 0.3 is 0 Å². The molecule has 1 aliphatic carbocycles. The molecule has 0 radical (unpaired) electrons. The molecule has 0 bridgehead atoms. The summed E-state index contributed by atoms with van der Waals surface area (Å²) in [6, 6.07) is 0.416. The third kappa shape index (κ3) is 1.84. The van der Waals surface area contributed by atoms with Crippen molar-refractivity contribution in [3.8, 4) is 0 Å². The van der Waals surface area contributed by atoms with Crippen molar-refractivity contribution in [2.24, 2.45) is 5.73 Å². The number of aromatic nitrogens is 1. The Labute approximate surface area is 89.5 Å². The average Bonchev–Trinajstić information content (AvgIpc) is 2.45. The van der Waals surface area contributed by atoms with Crippen molar-refractivity contribution in [3.63, 3.8) is 0 Å². The summed E-state index contributed by atoms with van der Waals surface area (Å²) in [4.78, 5) is 4.70. The summed E-state index contributed by atoms with van der Waals surface area (Å²) in [6.07, 6.45) is 2.24. The molecular formula is C11H18N2S. The lowest BCUT2D eigenvalue weighted by Gasteiger charge is -2.31. The average molecular weight is 210 g/mol. The molecule has 0 aliphatic heterocycles. The lowest BCUT2D eigenvalue weighted by Crippen LogP contribution is -2.34. The minimum absolute atomic E-state index is 0.189. The van der Waals surface area contributed by atoms with Gasteiger partial charge < -0.3 is 5.73 Å². The summed E-state index contributed by atoms with van der Waals surface area (Å²) < 4.78 is 0. The molecule has 0 unspecified atom stereocenters. The summed E-state index contributed by atoms with van der Waals surface area (Å²) in [5, 5.41) is 3.45. The SMILES string of the molecule is CC(C)(C)c1nc(C2CC(N)C2)cs1. The third-order valence-electron chi connectivity index (χ3n) is 2.76. The van der Waals surface area contributed by atoms with E-state index in [0.29, 0.717) is 12.0 Å². The third-order valence-corrected chi connectivity index (χ3v) is 4.04. The normalized spacial score (nSPS) is 27.4. The van der Waals surface area contributed by atoms with Gasteiger partial charge in [-0.25, -0.2) is 4.98 Å². The summed E-state index contributed by atoms with van der Waals surface area (Å²) in [7, 11) is 0. The first-order valence-electron chi connectivity index (χ1n) is 5.18. The van der Waals surface area contributed by atoms with Crippen LogP contribution in [0.5, 0.6) is 0 Å². The van der Waals surface area contributed by atoms with Crippen LogP contribution in [0.4, 0.5) is 0 Å². The van der Waals surface area contributed by atoms with Crippen LogP contribution in [0.2, 0.25) is 0 Å². The van der Waals surface area contributed by atoms with Crippen molar-refractivity contribution >= 4 is 11.3 Å². The lowest BCUT2D eigenvalue weighted by atomic mass is 9.79. The zero-order chi connectivity index (χ0) is 10.3. The van der Waals surface area contributed by atoms with E-state index in [2.05, 4.69) is 26.2 Å². The second-order valence-corrected chi connectivity index (χ2v) is 6.11. The fourth-order valence-electron chi connectivity index (χ4n) is 1.72. The highest BCUT2D eigenvalue weighted by Crippen LogP contribution is 2.37. The molecule has 0 atom stereocenters. The molecule has 1 saturated carbocycles. The monoisotopic (exact) mass is 210 g/mol. The van der Waals surface area contributed by atoms with E-state index in [0.717, 1.165) is 12.8 Å². The number of hydrogen-bond acceptors (Lipinski definition) is 3. The van der Waals surface area contributed by atoms with Gasteiger partial charge in [0.25, 0.3) is 0 Å². The van der Waals surface area contributed by atoms with Crippen molar-refractivity contribution in [2.75, 3.05) is 0 Å². The maximum absolute atomic E-state index is 5.77. The Bertz CT molecular complexity index is 318. The molecule has 1 aliphatic rings. The first kappa shape index (κ1) is 10.1. The van der Waals surface area contributed by atoms with Crippen LogP contribution in [0.3, 0.4) is 0 Å². The van der Waals surface area contributed by atoms with E-state index in [1.807, 2.05) is 0 Å². The largest absolute Gasteiger partial charge is 0.328 e. The van der Waals surface area contributed by atoms with Gasteiger partial charge in [0.1, 0.15) is 0 Å². The molecule has 14 heavy (non-hydrogen) atoms. The topological polar surface area (TPSA) is 38.9 Å². The van der Waals surface area contributed by atoms with Gasteiger partial charge in [0.2, 0.25) is 0 Å². The summed E-state index contributed by atoms with van der Waals surface area (Å²) in [5.41, 5.74) is 7.23. The minimum atomic E-state index is 0.189. The zero-order valence-corrected chi connectivity index (χ0v) is 9.90. The molecule has 1 aromatic heterocycles. The quantitative estimate of drug-likeness (QED) is 0.774. The Morgan fingerprint density at radius 2 is 2.07 bits per heavy atom. The van der Waals surface area contributed by atoms with Gasteiger partial charge in [-0.2, -0.15) is 0 Å². The molecule has 78 valence electrons. The molecule has 1 aromatic rings.